The van der Waals surface area contributed by atoms with Gasteiger partial charge in [-0.3, -0.25) is 0 Å². The first-order valence-electron chi connectivity index (χ1n) is 8.40. The predicted molar refractivity (Wildman–Crippen MR) is 104 cm³/mol. The smallest absolute Gasteiger partial charge is 0.179 e. The molecule has 0 aliphatic heterocycles. The van der Waals surface area contributed by atoms with Gasteiger partial charge in [-0.1, -0.05) is 44.5 Å². The molecule has 0 saturated heterocycles. The highest BCUT2D eigenvalue weighted by Crippen LogP contribution is 2.36. The van der Waals surface area contributed by atoms with E-state index in [1.807, 2.05) is 19.1 Å². The highest BCUT2D eigenvalue weighted by Gasteiger charge is 2.19. The van der Waals surface area contributed by atoms with Crippen LogP contribution < -0.4 is 14.2 Å². The van der Waals surface area contributed by atoms with Crippen LogP contribution in [-0.2, 0) is 5.41 Å². The van der Waals surface area contributed by atoms with Gasteiger partial charge in [-0.2, -0.15) is 5.26 Å². The van der Waals surface area contributed by atoms with E-state index in [2.05, 4.69) is 32.9 Å². The molecular formula is C21H24ClNO3. The Kier molecular flexibility index (Phi) is 6.39. The third kappa shape index (κ3) is 4.83. The maximum atomic E-state index is 9.00. The van der Waals surface area contributed by atoms with E-state index < -0.39 is 0 Å². The number of aryl methyl sites for hydroxylation is 1. The van der Waals surface area contributed by atoms with Gasteiger partial charge >= 0.3 is 0 Å². The number of methoxy groups -OCH3 is 1. The molecule has 0 radical (unpaired) electrons. The molecule has 0 aliphatic carbocycles. The maximum Gasteiger partial charge on any atom is 0.179 e. The van der Waals surface area contributed by atoms with Crippen LogP contribution in [0.25, 0.3) is 0 Å². The molecule has 0 bridgehead atoms. The van der Waals surface area contributed by atoms with E-state index in [0.29, 0.717) is 35.3 Å². The third-order valence-corrected chi connectivity index (χ3v) is 4.17. The van der Waals surface area contributed by atoms with Gasteiger partial charge in [-0.05, 0) is 35.6 Å². The first-order valence-corrected chi connectivity index (χ1v) is 8.78. The summed E-state index contributed by atoms with van der Waals surface area (Å²) in [6, 6.07) is 11.4. The van der Waals surface area contributed by atoms with Crippen molar-refractivity contribution in [1.29, 1.82) is 5.26 Å². The molecule has 0 amide bonds. The van der Waals surface area contributed by atoms with Gasteiger partial charge in [0.1, 0.15) is 19.0 Å². The molecule has 0 atom stereocenters. The van der Waals surface area contributed by atoms with E-state index in [0.717, 1.165) is 16.9 Å². The number of hydrogen-bond acceptors (Lipinski definition) is 4. The van der Waals surface area contributed by atoms with Crippen LogP contribution in [0.2, 0.25) is 5.02 Å². The van der Waals surface area contributed by atoms with Crippen LogP contribution in [0.15, 0.2) is 30.3 Å². The Bertz CT molecular complexity index is 819. The third-order valence-electron chi connectivity index (χ3n) is 3.89. The Balaban J connectivity index is 2.07. The van der Waals surface area contributed by atoms with E-state index in [-0.39, 0.29) is 5.41 Å². The summed E-state index contributed by atoms with van der Waals surface area (Å²) in [6.45, 7) is 9.18. The molecule has 0 saturated carbocycles. The van der Waals surface area contributed by atoms with Crippen molar-refractivity contribution in [3.8, 4) is 23.3 Å². The molecule has 4 nitrogen and oxygen atoms in total. The largest absolute Gasteiger partial charge is 0.493 e. The van der Waals surface area contributed by atoms with Gasteiger partial charge in [0.15, 0.2) is 11.5 Å². The zero-order chi connectivity index (χ0) is 19.3. The molecule has 5 heteroatoms. The van der Waals surface area contributed by atoms with Crippen LogP contribution >= 0.6 is 11.6 Å². The Morgan fingerprint density at radius 1 is 1.04 bits per heavy atom. The number of rotatable bonds is 6. The summed E-state index contributed by atoms with van der Waals surface area (Å²) >= 11 is 6.20. The highest BCUT2D eigenvalue weighted by atomic mass is 35.5. The molecular weight excluding hydrogens is 350 g/mol. The summed E-state index contributed by atoms with van der Waals surface area (Å²) < 4.78 is 17.0. The molecule has 26 heavy (non-hydrogen) atoms. The normalized spacial score (nSPS) is 11.0. The van der Waals surface area contributed by atoms with Crippen LogP contribution in [0.3, 0.4) is 0 Å². The molecule has 0 N–H and O–H groups in total. The van der Waals surface area contributed by atoms with Crippen LogP contribution in [0, 0.1) is 18.3 Å². The van der Waals surface area contributed by atoms with E-state index in [9.17, 15) is 0 Å². The zero-order valence-corrected chi connectivity index (χ0v) is 16.6. The number of ether oxygens (including phenoxy) is 3. The topological polar surface area (TPSA) is 51.5 Å². The van der Waals surface area contributed by atoms with Crippen molar-refractivity contribution in [1.82, 2.24) is 0 Å². The lowest BCUT2D eigenvalue weighted by molar-refractivity contribution is 0.208. The summed E-state index contributed by atoms with van der Waals surface area (Å²) in [4.78, 5) is 0. The van der Waals surface area contributed by atoms with Crippen molar-refractivity contribution >= 4 is 11.6 Å². The van der Waals surface area contributed by atoms with Gasteiger partial charge in [0.25, 0.3) is 0 Å². The molecule has 0 aliphatic rings. The lowest BCUT2D eigenvalue weighted by Crippen LogP contribution is -2.16. The van der Waals surface area contributed by atoms with E-state index >= 15 is 0 Å². The van der Waals surface area contributed by atoms with Gasteiger partial charge < -0.3 is 14.2 Å². The monoisotopic (exact) mass is 373 g/mol. The summed E-state index contributed by atoms with van der Waals surface area (Å²) in [5.74, 6) is 1.70. The second-order valence-corrected chi connectivity index (χ2v) is 7.45. The van der Waals surface area contributed by atoms with Crippen molar-refractivity contribution in [2.45, 2.75) is 33.1 Å². The fourth-order valence-electron chi connectivity index (χ4n) is 2.59. The number of nitrogens with zero attached hydrogens (tertiary/aromatic N) is 1. The fraction of sp³-hybridized carbons (Fsp3) is 0.381. The SMILES string of the molecule is COc1cc(C#N)cc(Cl)c1OCCOc1cc(C)ccc1C(C)(C)C. The summed E-state index contributed by atoms with van der Waals surface area (Å²) in [5.41, 5.74) is 2.71. The molecule has 0 fully saturated rings. The van der Waals surface area contributed by atoms with Crippen molar-refractivity contribution in [2.24, 2.45) is 0 Å². The minimum absolute atomic E-state index is 0.0104. The first kappa shape index (κ1) is 19.9. The minimum atomic E-state index is -0.0104. The van der Waals surface area contributed by atoms with Crippen LogP contribution in [0.1, 0.15) is 37.5 Å². The predicted octanol–water partition coefficient (Wildman–Crippen LogP) is 5.28. The zero-order valence-electron chi connectivity index (χ0n) is 15.9. The Hall–Kier alpha value is -2.38. The van der Waals surface area contributed by atoms with Crippen LogP contribution in [0.5, 0.6) is 17.2 Å². The average molecular weight is 374 g/mol. The quantitative estimate of drug-likeness (QED) is 0.646. The summed E-state index contributed by atoms with van der Waals surface area (Å²) in [6.07, 6.45) is 0. The first-order chi connectivity index (χ1) is 12.3. The lowest BCUT2D eigenvalue weighted by Gasteiger charge is -2.23. The molecule has 2 rings (SSSR count). The van der Waals surface area contributed by atoms with E-state index in [4.69, 9.17) is 31.1 Å². The van der Waals surface area contributed by atoms with E-state index in [1.165, 1.54) is 7.11 Å². The number of nitriles is 1. The van der Waals surface area contributed by atoms with Crippen molar-refractivity contribution in [2.75, 3.05) is 20.3 Å². The average Bonchev–Trinajstić information content (AvgIpc) is 2.58. The number of hydrogen-bond donors (Lipinski definition) is 0. The maximum absolute atomic E-state index is 9.00. The standard InChI is InChI=1S/C21H24ClNO3/c1-14-6-7-16(21(2,3)4)18(10-14)25-8-9-26-20-17(22)11-15(13-23)12-19(20)24-5/h6-7,10-12H,8-9H2,1-5H3. The van der Waals surface area contributed by atoms with E-state index in [1.54, 1.807) is 12.1 Å². The van der Waals surface area contributed by atoms with Crippen molar-refractivity contribution < 1.29 is 14.2 Å². The van der Waals surface area contributed by atoms with Crippen molar-refractivity contribution in [3.63, 3.8) is 0 Å². The van der Waals surface area contributed by atoms with Gasteiger partial charge in [0.2, 0.25) is 0 Å². The van der Waals surface area contributed by atoms with Gasteiger partial charge in [-0.15, -0.1) is 0 Å². The second-order valence-electron chi connectivity index (χ2n) is 7.05. The Morgan fingerprint density at radius 3 is 2.35 bits per heavy atom. The van der Waals surface area contributed by atoms with Crippen LogP contribution in [0.4, 0.5) is 0 Å². The molecule has 0 spiro atoms. The molecule has 2 aromatic carbocycles. The van der Waals surface area contributed by atoms with Crippen LogP contribution in [-0.4, -0.2) is 20.3 Å². The minimum Gasteiger partial charge on any atom is -0.493 e. The highest BCUT2D eigenvalue weighted by molar-refractivity contribution is 6.32. The van der Waals surface area contributed by atoms with Gasteiger partial charge in [-0.25, -0.2) is 0 Å². The molecule has 138 valence electrons. The Labute approximate surface area is 160 Å². The van der Waals surface area contributed by atoms with Gasteiger partial charge in [0.05, 0.1) is 23.8 Å². The Morgan fingerprint density at radius 2 is 1.73 bits per heavy atom. The van der Waals surface area contributed by atoms with Gasteiger partial charge in [0, 0.05) is 6.07 Å². The van der Waals surface area contributed by atoms with Crippen molar-refractivity contribution in [3.05, 3.63) is 52.0 Å². The second kappa shape index (κ2) is 8.33. The molecule has 0 unspecified atom stereocenters. The lowest BCUT2D eigenvalue weighted by atomic mass is 9.86. The fourth-order valence-corrected chi connectivity index (χ4v) is 2.85. The molecule has 0 aromatic heterocycles. The summed E-state index contributed by atoms with van der Waals surface area (Å²) in [5, 5.41) is 9.34. The summed E-state index contributed by atoms with van der Waals surface area (Å²) in [7, 11) is 1.51. The number of halogens is 1. The molecule has 0 heterocycles. The number of benzene rings is 2. The molecule has 2 aromatic rings.